The van der Waals surface area contributed by atoms with Gasteiger partial charge in [0.05, 0.1) is 13.0 Å². The first kappa shape index (κ1) is 18.0. The molecule has 2 amide bonds. The van der Waals surface area contributed by atoms with Gasteiger partial charge in [-0.15, -0.1) is 0 Å². The Morgan fingerprint density at radius 2 is 2.04 bits per heavy atom. The molecule has 130 valence electrons. The van der Waals surface area contributed by atoms with Crippen LogP contribution in [0.25, 0.3) is 0 Å². The molecule has 1 N–H and O–H groups in total. The number of rotatable bonds is 8. The lowest BCUT2D eigenvalue weighted by molar-refractivity contribution is -0.140. The van der Waals surface area contributed by atoms with Crippen LogP contribution in [-0.2, 0) is 25.5 Å². The second-order valence-corrected chi connectivity index (χ2v) is 5.95. The highest BCUT2D eigenvalue weighted by molar-refractivity contribution is 5.89. The molecule has 0 aromatic heterocycles. The van der Waals surface area contributed by atoms with Crippen LogP contribution in [0, 0.1) is 5.92 Å². The summed E-state index contributed by atoms with van der Waals surface area (Å²) in [6.07, 6.45) is 1.87. The smallest absolute Gasteiger partial charge is 0.305 e. The number of ether oxygens (including phenoxy) is 1. The van der Waals surface area contributed by atoms with Crippen molar-refractivity contribution in [3.05, 3.63) is 35.9 Å². The molecule has 1 heterocycles. The molecule has 24 heavy (non-hydrogen) atoms. The van der Waals surface area contributed by atoms with E-state index in [1.807, 2.05) is 30.3 Å². The third-order valence-corrected chi connectivity index (χ3v) is 4.18. The summed E-state index contributed by atoms with van der Waals surface area (Å²) < 4.78 is 4.55. The van der Waals surface area contributed by atoms with E-state index in [2.05, 4.69) is 10.1 Å². The first-order valence-corrected chi connectivity index (χ1v) is 8.26. The number of nitrogens with zero attached hydrogens (tertiary/aromatic N) is 1. The first-order chi connectivity index (χ1) is 11.6. The van der Waals surface area contributed by atoms with Gasteiger partial charge < -0.3 is 15.0 Å². The molecule has 6 heteroatoms. The molecule has 1 saturated heterocycles. The molecule has 1 aliphatic rings. The van der Waals surface area contributed by atoms with Crippen molar-refractivity contribution in [3.63, 3.8) is 0 Å². The van der Waals surface area contributed by atoms with Gasteiger partial charge in [-0.1, -0.05) is 30.3 Å². The van der Waals surface area contributed by atoms with Crippen molar-refractivity contribution < 1.29 is 19.1 Å². The maximum absolute atomic E-state index is 12.1. The minimum atomic E-state index is -0.300. The van der Waals surface area contributed by atoms with Gasteiger partial charge in [0.1, 0.15) is 0 Å². The number of methoxy groups -OCH3 is 1. The number of esters is 1. The SMILES string of the molecule is COC(=O)CCCNC(=O)C1CC(=O)N(CCc2ccccc2)C1. The maximum atomic E-state index is 12.1. The van der Waals surface area contributed by atoms with Crippen molar-refractivity contribution in [3.8, 4) is 0 Å². The van der Waals surface area contributed by atoms with Crippen LogP contribution in [0.1, 0.15) is 24.8 Å². The molecule has 0 radical (unpaired) electrons. The predicted octanol–water partition coefficient (Wildman–Crippen LogP) is 1.15. The number of hydrogen-bond acceptors (Lipinski definition) is 4. The van der Waals surface area contributed by atoms with Gasteiger partial charge >= 0.3 is 5.97 Å². The zero-order valence-corrected chi connectivity index (χ0v) is 14.0. The Labute approximate surface area is 142 Å². The normalized spacial score (nSPS) is 17.0. The number of carbonyl (C=O) groups is 3. The summed E-state index contributed by atoms with van der Waals surface area (Å²) >= 11 is 0. The van der Waals surface area contributed by atoms with E-state index < -0.39 is 0 Å². The number of hydrogen-bond donors (Lipinski definition) is 1. The number of benzene rings is 1. The Balaban J connectivity index is 1.71. The van der Waals surface area contributed by atoms with Crippen LogP contribution in [0.3, 0.4) is 0 Å². The molecule has 0 spiro atoms. The second-order valence-electron chi connectivity index (χ2n) is 5.95. The lowest BCUT2D eigenvalue weighted by Crippen LogP contribution is -2.34. The fourth-order valence-corrected chi connectivity index (χ4v) is 2.76. The summed E-state index contributed by atoms with van der Waals surface area (Å²) in [6.45, 7) is 1.52. The van der Waals surface area contributed by atoms with E-state index in [0.717, 1.165) is 6.42 Å². The summed E-state index contributed by atoms with van der Waals surface area (Å²) in [5.41, 5.74) is 1.18. The molecule has 0 aliphatic carbocycles. The lowest BCUT2D eigenvalue weighted by atomic mass is 10.1. The summed E-state index contributed by atoms with van der Waals surface area (Å²) in [5, 5.41) is 2.79. The molecule has 1 unspecified atom stereocenters. The average Bonchev–Trinajstić information content (AvgIpc) is 2.98. The summed E-state index contributed by atoms with van der Waals surface area (Å²) in [7, 11) is 1.34. The van der Waals surface area contributed by atoms with Crippen molar-refractivity contribution in [1.82, 2.24) is 10.2 Å². The molecule has 1 aliphatic heterocycles. The fraction of sp³-hybridized carbons (Fsp3) is 0.500. The van der Waals surface area contributed by atoms with E-state index in [9.17, 15) is 14.4 Å². The van der Waals surface area contributed by atoms with Gasteiger partial charge in [-0.25, -0.2) is 0 Å². The van der Waals surface area contributed by atoms with Gasteiger partial charge in [0.2, 0.25) is 11.8 Å². The van der Waals surface area contributed by atoms with Crippen LogP contribution in [0.4, 0.5) is 0 Å². The lowest BCUT2D eigenvalue weighted by Gasteiger charge is -2.16. The van der Waals surface area contributed by atoms with Crippen molar-refractivity contribution in [2.24, 2.45) is 5.92 Å². The summed E-state index contributed by atoms with van der Waals surface area (Å²) in [5.74, 6) is -0.671. The van der Waals surface area contributed by atoms with Crippen molar-refractivity contribution in [1.29, 1.82) is 0 Å². The Bertz CT molecular complexity index is 574. The topological polar surface area (TPSA) is 75.7 Å². The van der Waals surface area contributed by atoms with Gasteiger partial charge in [0.15, 0.2) is 0 Å². The standard InChI is InChI=1S/C18H24N2O4/c1-24-17(22)8-5-10-19-18(23)15-12-16(21)20(13-15)11-9-14-6-3-2-4-7-14/h2-4,6-7,15H,5,8-13H2,1H3,(H,19,23). The third kappa shape index (κ3) is 5.37. The maximum Gasteiger partial charge on any atom is 0.305 e. The van der Waals surface area contributed by atoms with Crippen LogP contribution < -0.4 is 5.32 Å². The number of likely N-dealkylation sites (tertiary alicyclic amines) is 1. The Kier molecular flexibility index (Phi) is 6.78. The average molecular weight is 332 g/mol. The van der Waals surface area contributed by atoms with Gasteiger partial charge in [-0.3, -0.25) is 14.4 Å². The van der Waals surface area contributed by atoms with Gasteiger partial charge in [-0.2, -0.15) is 0 Å². The van der Waals surface area contributed by atoms with Crippen LogP contribution in [-0.4, -0.2) is 49.4 Å². The molecular formula is C18H24N2O4. The van der Waals surface area contributed by atoms with E-state index in [0.29, 0.717) is 26.1 Å². The van der Waals surface area contributed by atoms with Crippen LogP contribution in [0.15, 0.2) is 30.3 Å². The first-order valence-electron chi connectivity index (χ1n) is 8.26. The number of carbonyl (C=O) groups excluding carboxylic acids is 3. The van der Waals surface area contributed by atoms with E-state index >= 15 is 0 Å². The Hall–Kier alpha value is -2.37. The minimum Gasteiger partial charge on any atom is -0.469 e. The van der Waals surface area contributed by atoms with Gasteiger partial charge in [0.25, 0.3) is 0 Å². The molecule has 1 fully saturated rings. The summed E-state index contributed by atoms with van der Waals surface area (Å²) in [4.78, 5) is 36.9. The highest BCUT2D eigenvalue weighted by Crippen LogP contribution is 2.18. The van der Waals surface area contributed by atoms with Gasteiger partial charge in [0, 0.05) is 32.5 Å². The molecule has 1 aromatic carbocycles. The van der Waals surface area contributed by atoms with E-state index in [1.54, 1.807) is 4.90 Å². The second kappa shape index (κ2) is 9.05. The quantitative estimate of drug-likeness (QED) is 0.572. The fourth-order valence-electron chi connectivity index (χ4n) is 2.76. The number of amides is 2. The molecule has 0 bridgehead atoms. The zero-order chi connectivity index (χ0) is 17.4. The predicted molar refractivity (Wildman–Crippen MR) is 89.1 cm³/mol. The molecule has 1 aromatic rings. The third-order valence-electron chi connectivity index (χ3n) is 4.18. The Morgan fingerprint density at radius 1 is 1.29 bits per heavy atom. The molecule has 0 saturated carbocycles. The van der Waals surface area contributed by atoms with Crippen LogP contribution >= 0.6 is 0 Å². The molecule has 1 atom stereocenters. The van der Waals surface area contributed by atoms with E-state index in [4.69, 9.17) is 0 Å². The van der Waals surface area contributed by atoms with Crippen LogP contribution in [0.2, 0.25) is 0 Å². The highest BCUT2D eigenvalue weighted by Gasteiger charge is 2.33. The largest absolute Gasteiger partial charge is 0.469 e. The molecule has 6 nitrogen and oxygen atoms in total. The zero-order valence-electron chi connectivity index (χ0n) is 14.0. The molecule has 2 rings (SSSR count). The Morgan fingerprint density at radius 3 is 2.75 bits per heavy atom. The van der Waals surface area contributed by atoms with Crippen LogP contribution in [0.5, 0.6) is 0 Å². The highest BCUT2D eigenvalue weighted by atomic mass is 16.5. The minimum absolute atomic E-state index is 0.0284. The van der Waals surface area contributed by atoms with Crippen molar-refractivity contribution in [2.45, 2.75) is 25.7 Å². The summed E-state index contributed by atoms with van der Waals surface area (Å²) in [6, 6.07) is 9.99. The van der Waals surface area contributed by atoms with Crippen molar-refractivity contribution in [2.75, 3.05) is 26.7 Å². The van der Waals surface area contributed by atoms with E-state index in [1.165, 1.54) is 12.7 Å². The van der Waals surface area contributed by atoms with E-state index in [-0.39, 0.29) is 36.5 Å². The van der Waals surface area contributed by atoms with Crippen molar-refractivity contribution >= 4 is 17.8 Å². The monoisotopic (exact) mass is 332 g/mol. The van der Waals surface area contributed by atoms with Gasteiger partial charge in [-0.05, 0) is 18.4 Å². The number of nitrogens with one attached hydrogen (secondary N) is 1. The molecular weight excluding hydrogens is 308 g/mol.